The number of anilines is 2. The van der Waals surface area contributed by atoms with Crippen LogP contribution in [0.2, 0.25) is 0 Å². The number of nitrogens with one attached hydrogen (secondary N) is 1. The van der Waals surface area contributed by atoms with Crippen LogP contribution in [0.4, 0.5) is 37.7 Å². The van der Waals surface area contributed by atoms with Gasteiger partial charge in [-0.1, -0.05) is 24.3 Å². The number of hydrogen-bond acceptors (Lipinski definition) is 5. The molecule has 1 N–H and O–H groups in total. The van der Waals surface area contributed by atoms with E-state index in [1.165, 1.54) is 49.3 Å². The molecule has 11 heteroatoms. The van der Waals surface area contributed by atoms with Crippen molar-refractivity contribution >= 4 is 22.9 Å². The molecule has 5 nitrogen and oxygen atoms in total. The molecule has 1 saturated heterocycles. The molecule has 0 bridgehead atoms. The maximum absolute atomic E-state index is 11.2. The van der Waals surface area contributed by atoms with Crippen molar-refractivity contribution in [2.45, 2.75) is 44.2 Å². The summed E-state index contributed by atoms with van der Waals surface area (Å²) in [6, 6.07) is 14.0. The van der Waals surface area contributed by atoms with Crippen LogP contribution in [0.15, 0.2) is 36.4 Å². The van der Waals surface area contributed by atoms with Gasteiger partial charge < -0.3 is 15.1 Å². The number of fused-ring (bicyclic) bond motifs is 3. The smallest absolute Gasteiger partial charge is 0.371 e. The fourth-order valence-corrected chi connectivity index (χ4v) is 5.84. The fourth-order valence-electron chi connectivity index (χ4n) is 5.84. The van der Waals surface area contributed by atoms with Gasteiger partial charge in [-0.25, -0.2) is 0 Å². The SMILES string of the molecule is O=C(C(=O)C(F)(F)F)C(F)(F)F.c1ccc2c(c1)CN(c1cc3c4c(c1)[C@@H]1CNC[C@@H]1CN4CCC3)C2. The fraction of sp³-hybridized carbons (Fsp3) is 0.462. The second kappa shape index (κ2) is 9.34. The molecule has 0 aromatic heterocycles. The van der Waals surface area contributed by atoms with Crippen molar-refractivity contribution in [1.29, 1.82) is 0 Å². The summed E-state index contributed by atoms with van der Waals surface area (Å²) in [6.45, 7) is 6.97. The Hall–Kier alpha value is -3.08. The molecule has 4 aliphatic rings. The van der Waals surface area contributed by atoms with E-state index in [2.05, 4.69) is 51.5 Å². The molecule has 0 aliphatic carbocycles. The van der Waals surface area contributed by atoms with Gasteiger partial charge in [0.25, 0.3) is 0 Å². The summed E-state index contributed by atoms with van der Waals surface area (Å²) in [4.78, 5) is 24.5. The zero-order chi connectivity index (χ0) is 26.5. The predicted molar refractivity (Wildman–Crippen MR) is 125 cm³/mol. The first-order chi connectivity index (χ1) is 17.4. The molecule has 4 heterocycles. The number of alkyl halides is 6. The maximum atomic E-state index is 11.2. The summed E-state index contributed by atoms with van der Waals surface area (Å²) in [6.07, 6.45) is -8.99. The van der Waals surface area contributed by atoms with Crippen molar-refractivity contribution in [2.24, 2.45) is 5.92 Å². The van der Waals surface area contributed by atoms with Crippen molar-refractivity contribution in [1.82, 2.24) is 5.32 Å². The van der Waals surface area contributed by atoms with Crippen molar-refractivity contribution < 1.29 is 35.9 Å². The van der Waals surface area contributed by atoms with Gasteiger partial charge in [-0.3, -0.25) is 9.59 Å². The van der Waals surface area contributed by atoms with Crippen LogP contribution in [-0.2, 0) is 29.1 Å². The largest absolute Gasteiger partial charge is 0.458 e. The second-order valence-corrected chi connectivity index (χ2v) is 9.90. The van der Waals surface area contributed by atoms with E-state index in [1.807, 2.05) is 0 Å². The van der Waals surface area contributed by atoms with Crippen LogP contribution >= 0.6 is 0 Å². The van der Waals surface area contributed by atoms with Crippen molar-refractivity contribution in [3.8, 4) is 0 Å². The Morgan fingerprint density at radius 2 is 1.46 bits per heavy atom. The molecule has 2 atom stereocenters. The monoisotopic (exact) mass is 525 g/mol. The highest BCUT2D eigenvalue weighted by Crippen LogP contribution is 2.47. The highest BCUT2D eigenvalue weighted by atomic mass is 19.4. The predicted octanol–water partition coefficient (Wildman–Crippen LogP) is 4.53. The van der Waals surface area contributed by atoms with Gasteiger partial charge in [-0.2, -0.15) is 26.3 Å². The number of carbonyl (C=O) groups excluding carboxylic acids is 2. The van der Waals surface area contributed by atoms with Gasteiger partial charge in [0.15, 0.2) is 0 Å². The molecular weight excluding hydrogens is 500 g/mol. The van der Waals surface area contributed by atoms with Gasteiger partial charge in [-0.15, -0.1) is 0 Å². The highest BCUT2D eigenvalue weighted by molar-refractivity contribution is 6.41. The molecule has 0 amide bonds. The Kier molecular flexibility index (Phi) is 6.45. The van der Waals surface area contributed by atoms with Gasteiger partial charge in [-0.05, 0) is 53.1 Å². The molecule has 2 aromatic carbocycles. The average molecular weight is 525 g/mol. The first-order valence-corrected chi connectivity index (χ1v) is 12.1. The molecule has 37 heavy (non-hydrogen) atoms. The minimum absolute atomic E-state index is 0.716. The van der Waals surface area contributed by atoms with Gasteiger partial charge in [0.05, 0.1) is 0 Å². The third kappa shape index (κ3) is 4.93. The summed E-state index contributed by atoms with van der Waals surface area (Å²) in [5, 5.41) is 3.65. The third-order valence-electron chi connectivity index (χ3n) is 7.51. The number of rotatable bonds is 2. The van der Waals surface area contributed by atoms with Crippen LogP contribution in [0.5, 0.6) is 0 Å². The van der Waals surface area contributed by atoms with E-state index in [-0.39, 0.29) is 0 Å². The van der Waals surface area contributed by atoms with E-state index in [0.717, 1.165) is 25.6 Å². The number of halogens is 6. The number of benzene rings is 2. The number of ketones is 2. The normalized spacial score (nSPS) is 22.0. The summed E-state index contributed by atoms with van der Waals surface area (Å²) >= 11 is 0. The van der Waals surface area contributed by atoms with E-state index in [0.29, 0.717) is 5.92 Å². The van der Waals surface area contributed by atoms with E-state index in [9.17, 15) is 35.9 Å². The van der Waals surface area contributed by atoms with Crippen molar-refractivity contribution in [2.75, 3.05) is 36.0 Å². The van der Waals surface area contributed by atoms with E-state index in [1.54, 1.807) is 16.8 Å². The van der Waals surface area contributed by atoms with Crippen LogP contribution < -0.4 is 15.1 Å². The quantitative estimate of drug-likeness (QED) is 0.462. The van der Waals surface area contributed by atoms with Gasteiger partial charge in [0, 0.05) is 56.6 Å². The third-order valence-corrected chi connectivity index (χ3v) is 7.51. The molecule has 0 spiro atoms. The molecule has 2 aromatic rings. The lowest BCUT2D eigenvalue weighted by Crippen LogP contribution is -2.41. The molecule has 1 fully saturated rings. The number of aryl methyl sites for hydroxylation is 1. The summed E-state index contributed by atoms with van der Waals surface area (Å²) in [5.74, 6) is -5.30. The molecule has 4 aliphatic heterocycles. The average Bonchev–Trinajstić information content (AvgIpc) is 3.49. The topological polar surface area (TPSA) is 52.7 Å². The lowest BCUT2D eigenvalue weighted by molar-refractivity contribution is -0.193. The molecule has 198 valence electrons. The molecule has 0 radical (unpaired) electrons. The number of carbonyl (C=O) groups is 2. The zero-order valence-electron chi connectivity index (χ0n) is 19.8. The molecule has 0 saturated carbocycles. The molecule has 6 rings (SSSR count). The minimum atomic E-state index is -5.77. The van der Waals surface area contributed by atoms with Crippen LogP contribution in [-0.4, -0.2) is 50.1 Å². The van der Waals surface area contributed by atoms with Gasteiger partial charge in [0.1, 0.15) is 0 Å². The van der Waals surface area contributed by atoms with E-state index < -0.39 is 23.9 Å². The van der Waals surface area contributed by atoms with Crippen LogP contribution in [0.1, 0.15) is 34.6 Å². The lowest BCUT2D eigenvalue weighted by atomic mass is 9.80. The summed E-state index contributed by atoms with van der Waals surface area (Å²) in [5.41, 5.74) is 9.26. The zero-order valence-corrected chi connectivity index (χ0v) is 19.8. The van der Waals surface area contributed by atoms with E-state index >= 15 is 0 Å². The van der Waals surface area contributed by atoms with Crippen LogP contribution in [0.25, 0.3) is 0 Å². The first kappa shape index (κ1) is 25.6. The first-order valence-electron chi connectivity index (χ1n) is 12.1. The highest BCUT2D eigenvalue weighted by Gasteiger charge is 2.54. The number of nitrogens with zero attached hydrogens (tertiary/aromatic N) is 2. The standard InChI is InChI=1S/C22H25N3.C4F6O2/c1-2-5-17-13-25(12-16(17)4-1)19-8-15-6-3-7-24-14-18-10-23-11-21(18)20(9-19)22(15)24;5-3(6,7)1(11)2(12)4(8,9)10/h1-2,4-5,8-9,18,21,23H,3,6-7,10-14H2;/t18-,21-;/m1./s1. The molecule has 0 unspecified atom stereocenters. The maximum Gasteiger partial charge on any atom is 0.458 e. The summed E-state index contributed by atoms with van der Waals surface area (Å²) < 4.78 is 67.0. The van der Waals surface area contributed by atoms with Gasteiger partial charge >= 0.3 is 23.9 Å². The Morgan fingerprint density at radius 3 is 2.05 bits per heavy atom. The number of Topliss-reactive ketones (excluding diaryl/α,β-unsaturated/α-hetero) is 2. The van der Waals surface area contributed by atoms with Crippen LogP contribution in [0.3, 0.4) is 0 Å². The van der Waals surface area contributed by atoms with Crippen molar-refractivity contribution in [3.63, 3.8) is 0 Å². The lowest BCUT2D eigenvalue weighted by Gasteiger charge is -2.42. The Balaban J connectivity index is 0.000000201. The Morgan fingerprint density at radius 1 is 0.838 bits per heavy atom. The second-order valence-electron chi connectivity index (χ2n) is 9.90. The Bertz CT molecular complexity index is 1180. The van der Waals surface area contributed by atoms with E-state index in [4.69, 9.17) is 0 Å². The summed E-state index contributed by atoms with van der Waals surface area (Å²) in [7, 11) is 0. The van der Waals surface area contributed by atoms with Gasteiger partial charge in [0.2, 0.25) is 0 Å². The Labute approximate surface area is 209 Å². The van der Waals surface area contributed by atoms with Crippen molar-refractivity contribution in [3.05, 3.63) is 58.7 Å². The number of hydrogen-bond donors (Lipinski definition) is 1. The molecular formula is C26H25F6N3O2. The van der Waals surface area contributed by atoms with Crippen LogP contribution in [0, 0.1) is 5.92 Å². The minimum Gasteiger partial charge on any atom is -0.371 e.